The second-order valence-corrected chi connectivity index (χ2v) is 6.08. The van der Waals surface area contributed by atoms with Crippen molar-refractivity contribution in [2.45, 2.75) is 24.1 Å². The van der Waals surface area contributed by atoms with Crippen molar-refractivity contribution in [3.8, 4) is 5.75 Å². The second kappa shape index (κ2) is 8.22. The standard InChI is InChI=1S/C18H21N3O3S/c1-13-16(19-9-8-17(13)24-11-5-10-23-2)12-25(22)18-20-14-6-3-4-7-15(14)21-18/h3-4,6-9H,5,10-12H2,1-2H3,(H,20,21)/i1D3,2D3,5D2,10D2,11D2. The lowest BCUT2D eigenvalue weighted by atomic mass is 10.2. The van der Waals surface area contributed by atoms with Crippen LogP contribution in [-0.4, -0.2) is 39.3 Å². The molecule has 25 heavy (non-hydrogen) atoms. The number of nitrogens with one attached hydrogen (secondary N) is 1. The molecule has 6 nitrogen and oxygen atoms in total. The number of rotatable bonds is 8. The van der Waals surface area contributed by atoms with Gasteiger partial charge in [0, 0.05) is 38.6 Å². The minimum atomic E-state index is -3.75. The van der Waals surface area contributed by atoms with Crippen LogP contribution in [0.25, 0.3) is 11.0 Å². The van der Waals surface area contributed by atoms with E-state index in [1.807, 2.05) is 0 Å². The van der Waals surface area contributed by atoms with Gasteiger partial charge in [0.1, 0.15) is 5.75 Å². The highest BCUT2D eigenvalue weighted by Gasteiger charge is 2.14. The maximum Gasteiger partial charge on any atom is 0.197 e. The van der Waals surface area contributed by atoms with Gasteiger partial charge in [-0.1, -0.05) is 12.1 Å². The third-order valence-electron chi connectivity index (χ3n) is 3.16. The molecule has 0 saturated heterocycles. The van der Waals surface area contributed by atoms with E-state index in [0.717, 1.165) is 12.3 Å². The van der Waals surface area contributed by atoms with Crippen molar-refractivity contribution in [2.75, 3.05) is 20.2 Å². The Morgan fingerprint density at radius 2 is 2.24 bits per heavy atom. The lowest BCUT2D eigenvalue weighted by Gasteiger charge is -2.11. The minimum Gasteiger partial charge on any atom is -0.493 e. The summed E-state index contributed by atoms with van der Waals surface area (Å²) in [6.07, 6.45) is -2.73. The molecule has 0 radical (unpaired) electrons. The maximum atomic E-state index is 13.0. The highest BCUT2D eigenvalue weighted by Crippen LogP contribution is 2.22. The van der Waals surface area contributed by atoms with Gasteiger partial charge in [-0.05, 0) is 25.1 Å². The van der Waals surface area contributed by atoms with Crippen LogP contribution < -0.4 is 4.74 Å². The Balaban J connectivity index is 1.98. The highest BCUT2D eigenvalue weighted by molar-refractivity contribution is 7.84. The third kappa shape index (κ3) is 4.24. The van der Waals surface area contributed by atoms with Crippen LogP contribution >= 0.6 is 0 Å². The van der Waals surface area contributed by atoms with Crippen molar-refractivity contribution >= 4 is 21.8 Å². The van der Waals surface area contributed by atoms with Gasteiger partial charge in [0.25, 0.3) is 0 Å². The summed E-state index contributed by atoms with van der Waals surface area (Å²) >= 11 is 0. The number of methoxy groups -OCH3 is 1. The van der Waals surface area contributed by atoms with Gasteiger partial charge in [0.05, 0.1) is 49.4 Å². The number of hydrogen-bond donors (Lipinski definition) is 1. The van der Waals surface area contributed by atoms with Crippen LogP contribution in [0.5, 0.6) is 5.75 Å². The smallest absolute Gasteiger partial charge is 0.197 e. The second-order valence-electron chi connectivity index (χ2n) is 4.71. The Kier molecular flexibility index (Phi) is 2.62. The number of benzene rings is 1. The number of pyridine rings is 1. The van der Waals surface area contributed by atoms with Crippen molar-refractivity contribution in [1.29, 1.82) is 0 Å². The summed E-state index contributed by atoms with van der Waals surface area (Å²) in [4.78, 5) is 11.0. The first-order chi connectivity index (χ1) is 16.8. The average Bonchev–Trinajstić information content (AvgIpc) is 3.15. The molecule has 3 aromatic rings. The Labute approximate surface area is 165 Å². The fourth-order valence-electron chi connectivity index (χ4n) is 2.04. The number of imidazole rings is 1. The lowest BCUT2D eigenvalue weighted by Crippen LogP contribution is -2.06. The first-order valence-corrected chi connectivity index (χ1v) is 8.28. The van der Waals surface area contributed by atoms with Crippen LogP contribution in [0.2, 0.25) is 0 Å². The molecule has 3 rings (SSSR count). The molecule has 2 aromatic heterocycles. The molecule has 0 bridgehead atoms. The number of aromatic nitrogens is 3. The van der Waals surface area contributed by atoms with Crippen molar-refractivity contribution in [2.24, 2.45) is 0 Å². The lowest BCUT2D eigenvalue weighted by molar-refractivity contribution is 0.172. The molecule has 132 valence electrons. The number of nitrogens with zero attached hydrogens (tertiary/aromatic N) is 2. The van der Waals surface area contributed by atoms with Crippen LogP contribution in [-0.2, 0) is 21.3 Å². The molecule has 1 N–H and O–H groups in total. The van der Waals surface area contributed by atoms with Crippen LogP contribution in [0.4, 0.5) is 0 Å². The van der Waals surface area contributed by atoms with E-state index < -0.39 is 61.2 Å². The topological polar surface area (TPSA) is 77.1 Å². The quantitative estimate of drug-likeness (QED) is 0.659. The number of H-pyrrole nitrogens is 1. The largest absolute Gasteiger partial charge is 0.493 e. The van der Waals surface area contributed by atoms with Gasteiger partial charge in [0.2, 0.25) is 0 Å². The average molecular weight is 372 g/mol. The molecule has 1 unspecified atom stereocenters. The molecule has 0 spiro atoms. The monoisotopic (exact) mass is 371 g/mol. The fourth-order valence-corrected chi connectivity index (χ4v) is 3.06. The van der Waals surface area contributed by atoms with E-state index in [9.17, 15) is 4.21 Å². The van der Waals surface area contributed by atoms with Gasteiger partial charge >= 0.3 is 0 Å². The molecular formula is C18H21N3O3S. The van der Waals surface area contributed by atoms with Crippen molar-refractivity contribution in [3.63, 3.8) is 0 Å². The van der Waals surface area contributed by atoms with Gasteiger partial charge in [0.15, 0.2) is 5.16 Å². The molecule has 0 fully saturated rings. The molecule has 0 saturated carbocycles. The van der Waals surface area contributed by atoms with E-state index in [4.69, 9.17) is 21.2 Å². The fraction of sp³-hybridized carbons (Fsp3) is 0.333. The van der Waals surface area contributed by atoms with Gasteiger partial charge < -0.3 is 14.5 Å². The van der Waals surface area contributed by atoms with E-state index in [-0.39, 0.29) is 10.9 Å². The number of hydrogen-bond acceptors (Lipinski definition) is 5. The van der Waals surface area contributed by atoms with E-state index in [1.165, 1.54) is 0 Å². The summed E-state index contributed by atoms with van der Waals surface area (Å²) in [7, 11) is -5.35. The Bertz CT molecular complexity index is 1270. The highest BCUT2D eigenvalue weighted by atomic mass is 32.2. The molecular weight excluding hydrogens is 338 g/mol. The predicted octanol–water partition coefficient (Wildman–Crippen LogP) is 2.99. The molecule has 1 atom stereocenters. The molecule has 0 aliphatic carbocycles. The molecule has 7 heteroatoms. The summed E-state index contributed by atoms with van der Waals surface area (Å²) in [5.41, 5.74) is 0.151. The predicted molar refractivity (Wildman–Crippen MR) is 97.2 cm³/mol. The van der Waals surface area contributed by atoms with Crippen LogP contribution in [0.15, 0.2) is 41.7 Å². The Morgan fingerprint density at radius 1 is 1.32 bits per heavy atom. The van der Waals surface area contributed by atoms with E-state index in [0.29, 0.717) is 11.0 Å². The molecule has 0 amide bonds. The van der Waals surface area contributed by atoms with E-state index >= 15 is 0 Å². The number of aromatic amines is 1. The van der Waals surface area contributed by atoms with Crippen molar-refractivity contribution in [3.05, 3.63) is 47.8 Å². The first-order valence-electron chi connectivity index (χ1n) is 13.0. The number of para-hydroxylation sites is 2. The summed E-state index contributed by atoms with van der Waals surface area (Å²) in [6, 6.07) is 7.76. The molecule has 2 heterocycles. The Hall–Kier alpha value is -2.25. The summed E-state index contributed by atoms with van der Waals surface area (Å²) < 4.78 is 114. The number of ether oxygens (including phenoxy) is 2. The van der Waals surface area contributed by atoms with Crippen LogP contribution in [0.1, 0.15) is 34.1 Å². The summed E-state index contributed by atoms with van der Waals surface area (Å²) in [6.45, 7) is -10.4. The van der Waals surface area contributed by atoms with Gasteiger partial charge in [-0.3, -0.25) is 9.19 Å². The van der Waals surface area contributed by atoms with Gasteiger partial charge in [-0.25, -0.2) is 4.98 Å². The van der Waals surface area contributed by atoms with Crippen molar-refractivity contribution in [1.82, 2.24) is 15.0 Å². The summed E-state index contributed by atoms with van der Waals surface area (Å²) in [5.74, 6) is -1.21. The molecule has 0 aliphatic rings. The van der Waals surface area contributed by atoms with Crippen LogP contribution in [0.3, 0.4) is 0 Å². The SMILES string of the molecule is [2H]C([2H])([2H])OC([2H])([2H])C([2H])([2H])C([2H])([2H])Oc1ccnc(CS(=O)c2nc3ccccc3[nH]2)c1C([2H])([2H])[2H]. The molecule has 0 aliphatic heterocycles. The van der Waals surface area contributed by atoms with Crippen molar-refractivity contribution < 1.29 is 30.1 Å². The normalized spacial score (nSPS) is 22.2. The Morgan fingerprint density at radius 3 is 3.08 bits per heavy atom. The zero-order chi connectivity index (χ0) is 28.0. The first kappa shape index (κ1) is 7.97. The zero-order valence-corrected chi connectivity index (χ0v) is 13.5. The van der Waals surface area contributed by atoms with Gasteiger partial charge in [-0.2, -0.15) is 0 Å². The summed E-state index contributed by atoms with van der Waals surface area (Å²) in [5, 5.41) is 0.0347. The minimum absolute atomic E-state index is 0.0347. The molecule has 1 aromatic carbocycles. The third-order valence-corrected chi connectivity index (χ3v) is 4.32. The van der Waals surface area contributed by atoms with Crippen LogP contribution in [0, 0.1) is 6.85 Å². The zero-order valence-electron chi connectivity index (χ0n) is 24.7. The van der Waals surface area contributed by atoms with Gasteiger partial charge in [-0.15, -0.1) is 0 Å². The maximum absolute atomic E-state index is 13.0. The number of fused-ring (bicyclic) bond motifs is 1. The van der Waals surface area contributed by atoms with E-state index in [2.05, 4.69) is 19.7 Å². The van der Waals surface area contributed by atoms with E-state index in [1.54, 1.807) is 24.3 Å².